The van der Waals surface area contributed by atoms with Crippen molar-refractivity contribution in [2.45, 2.75) is 92.5 Å². The summed E-state index contributed by atoms with van der Waals surface area (Å²) >= 11 is 0. The van der Waals surface area contributed by atoms with Gasteiger partial charge in [0.05, 0.1) is 6.10 Å². The van der Waals surface area contributed by atoms with E-state index >= 15 is 0 Å². The van der Waals surface area contributed by atoms with Gasteiger partial charge in [-0.2, -0.15) is 0 Å². The minimum Gasteiger partial charge on any atom is -0.487 e. The number of hydrogen-bond acceptors (Lipinski definition) is 3. The fourth-order valence-corrected chi connectivity index (χ4v) is 3.09. The van der Waals surface area contributed by atoms with Crippen LogP contribution >= 0.6 is 0 Å². The van der Waals surface area contributed by atoms with E-state index in [2.05, 4.69) is 39.0 Å². The lowest BCUT2D eigenvalue weighted by Gasteiger charge is -2.24. The molecular formula is C22H38O3. The van der Waals surface area contributed by atoms with Crippen LogP contribution in [-0.4, -0.2) is 19.0 Å². The molecule has 0 spiro atoms. The van der Waals surface area contributed by atoms with Crippen LogP contribution in [0.3, 0.4) is 0 Å². The quantitative estimate of drug-likeness (QED) is 0.400. The molecule has 3 nitrogen and oxygen atoms in total. The lowest BCUT2D eigenvalue weighted by Crippen LogP contribution is -2.17. The first-order valence-corrected chi connectivity index (χ1v) is 9.99. The highest BCUT2D eigenvalue weighted by atomic mass is 16.7. The zero-order valence-electron chi connectivity index (χ0n) is 17.3. The molecule has 0 bridgehead atoms. The van der Waals surface area contributed by atoms with Crippen LogP contribution < -0.4 is 9.47 Å². The van der Waals surface area contributed by atoms with Crippen molar-refractivity contribution in [2.75, 3.05) is 6.61 Å². The van der Waals surface area contributed by atoms with E-state index in [4.69, 9.17) is 14.2 Å². The standard InChI is InChI=1S/C22H38O3/c1-8-11-19(14-17(6)9-2)20-12-13-21(24-16(4)5)22(15-20)25-18(7)23-10-3/h12-13,15-19H,8-11,14H2,1-7H3. The van der Waals surface area contributed by atoms with Crippen molar-refractivity contribution in [3.63, 3.8) is 0 Å². The van der Waals surface area contributed by atoms with Crippen LogP contribution in [0.5, 0.6) is 11.5 Å². The van der Waals surface area contributed by atoms with Gasteiger partial charge in [-0.25, -0.2) is 0 Å². The highest BCUT2D eigenvalue weighted by Gasteiger charge is 2.18. The van der Waals surface area contributed by atoms with E-state index in [1.807, 2.05) is 27.7 Å². The maximum atomic E-state index is 6.04. The summed E-state index contributed by atoms with van der Waals surface area (Å²) in [7, 11) is 0. The molecule has 0 heterocycles. The molecule has 0 N–H and O–H groups in total. The van der Waals surface area contributed by atoms with Crippen LogP contribution in [0.2, 0.25) is 0 Å². The molecular weight excluding hydrogens is 312 g/mol. The van der Waals surface area contributed by atoms with E-state index in [1.54, 1.807) is 0 Å². The predicted molar refractivity (Wildman–Crippen MR) is 106 cm³/mol. The first-order chi connectivity index (χ1) is 11.9. The largest absolute Gasteiger partial charge is 0.487 e. The van der Waals surface area contributed by atoms with Gasteiger partial charge in [-0.3, -0.25) is 0 Å². The number of benzene rings is 1. The van der Waals surface area contributed by atoms with Gasteiger partial charge in [-0.1, -0.05) is 39.7 Å². The third-order valence-electron chi connectivity index (χ3n) is 4.52. The summed E-state index contributed by atoms with van der Waals surface area (Å²) in [5.74, 6) is 2.88. The molecule has 0 fully saturated rings. The van der Waals surface area contributed by atoms with Gasteiger partial charge in [-0.15, -0.1) is 0 Å². The fourth-order valence-electron chi connectivity index (χ4n) is 3.09. The second kappa shape index (κ2) is 11.4. The minimum absolute atomic E-state index is 0.113. The molecule has 144 valence electrons. The second-order valence-electron chi connectivity index (χ2n) is 7.25. The Hall–Kier alpha value is -1.22. The van der Waals surface area contributed by atoms with Crippen molar-refractivity contribution in [1.29, 1.82) is 0 Å². The van der Waals surface area contributed by atoms with E-state index in [1.165, 1.54) is 31.2 Å². The molecule has 0 aliphatic carbocycles. The molecule has 0 amide bonds. The monoisotopic (exact) mass is 350 g/mol. The summed E-state index contributed by atoms with van der Waals surface area (Å²) < 4.78 is 17.5. The van der Waals surface area contributed by atoms with Gasteiger partial charge >= 0.3 is 0 Å². The molecule has 1 aromatic carbocycles. The van der Waals surface area contributed by atoms with Crippen LogP contribution in [0.15, 0.2) is 18.2 Å². The van der Waals surface area contributed by atoms with Gasteiger partial charge in [0.2, 0.25) is 0 Å². The minimum atomic E-state index is -0.283. The maximum Gasteiger partial charge on any atom is 0.197 e. The van der Waals surface area contributed by atoms with Crippen molar-refractivity contribution in [3.05, 3.63) is 23.8 Å². The zero-order valence-corrected chi connectivity index (χ0v) is 17.3. The first-order valence-electron chi connectivity index (χ1n) is 9.99. The molecule has 0 radical (unpaired) electrons. The van der Waals surface area contributed by atoms with Crippen molar-refractivity contribution >= 4 is 0 Å². The molecule has 3 unspecified atom stereocenters. The molecule has 1 rings (SSSR count). The van der Waals surface area contributed by atoms with Gasteiger partial charge in [0.15, 0.2) is 17.8 Å². The van der Waals surface area contributed by atoms with Crippen molar-refractivity contribution in [1.82, 2.24) is 0 Å². The van der Waals surface area contributed by atoms with Crippen molar-refractivity contribution in [2.24, 2.45) is 5.92 Å². The lowest BCUT2D eigenvalue weighted by atomic mass is 9.85. The van der Waals surface area contributed by atoms with Crippen LogP contribution in [0, 0.1) is 5.92 Å². The van der Waals surface area contributed by atoms with Gasteiger partial charge in [0.25, 0.3) is 0 Å². The number of rotatable bonds is 12. The predicted octanol–water partition coefficient (Wildman–Crippen LogP) is 6.56. The van der Waals surface area contributed by atoms with Crippen LogP contribution in [0.25, 0.3) is 0 Å². The summed E-state index contributed by atoms with van der Waals surface area (Å²) in [5.41, 5.74) is 1.34. The SMILES string of the molecule is CCCC(CC(C)CC)c1ccc(OC(C)C)c(OC(C)OCC)c1. The topological polar surface area (TPSA) is 27.7 Å². The Kier molecular flexibility index (Phi) is 9.96. The van der Waals surface area contributed by atoms with E-state index in [0.29, 0.717) is 12.5 Å². The third kappa shape index (κ3) is 7.68. The molecule has 25 heavy (non-hydrogen) atoms. The normalized spacial score (nSPS) is 15.0. The number of hydrogen-bond donors (Lipinski definition) is 0. The Morgan fingerprint density at radius 1 is 0.920 bits per heavy atom. The van der Waals surface area contributed by atoms with E-state index in [-0.39, 0.29) is 12.4 Å². The summed E-state index contributed by atoms with van der Waals surface area (Å²) in [6.45, 7) is 15.5. The number of ether oxygens (including phenoxy) is 3. The van der Waals surface area contributed by atoms with Crippen molar-refractivity contribution in [3.8, 4) is 11.5 Å². The van der Waals surface area contributed by atoms with Gasteiger partial charge in [-0.05, 0) is 70.1 Å². The van der Waals surface area contributed by atoms with Gasteiger partial charge in [0.1, 0.15) is 0 Å². The highest BCUT2D eigenvalue weighted by molar-refractivity contribution is 5.44. The Balaban J connectivity index is 3.09. The fraction of sp³-hybridized carbons (Fsp3) is 0.727. The second-order valence-corrected chi connectivity index (χ2v) is 7.25. The summed E-state index contributed by atoms with van der Waals surface area (Å²) in [4.78, 5) is 0. The molecule has 0 aromatic heterocycles. The maximum absolute atomic E-state index is 6.04. The smallest absolute Gasteiger partial charge is 0.197 e. The van der Waals surface area contributed by atoms with Gasteiger partial charge < -0.3 is 14.2 Å². The van der Waals surface area contributed by atoms with Crippen LogP contribution in [0.1, 0.15) is 85.6 Å². The molecule has 0 aliphatic rings. The molecule has 0 saturated heterocycles. The van der Waals surface area contributed by atoms with E-state index in [0.717, 1.165) is 17.4 Å². The van der Waals surface area contributed by atoms with Crippen LogP contribution in [0.4, 0.5) is 0 Å². The molecule has 0 aliphatic heterocycles. The summed E-state index contributed by atoms with van der Waals surface area (Å²) in [6, 6.07) is 6.43. The lowest BCUT2D eigenvalue weighted by molar-refractivity contribution is -0.0628. The summed E-state index contributed by atoms with van der Waals surface area (Å²) in [5, 5.41) is 0. The van der Waals surface area contributed by atoms with Crippen molar-refractivity contribution < 1.29 is 14.2 Å². The van der Waals surface area contributed by atoms with Gasteiger partial charge in [0, 0.05) is 6.61 Å². The highest BCUT2D eigenvalue weighted by Crippen LogP contribution is 2.36. The zero-order chi connectivity index (χ0) is 18.8. The Morgan fingerprint density at radius 3 is 2.20 bits per heavy atom. The van der Waals surface area contributed by atoms with Crippen LogP contribution in [-0.2, 0) is 4.74 Å². The molecule has 1 aromatic rings. The molecule has 0 saturated carbocycles. The third-order valence-corrected chi connectivity index (χ3v) is 4.52. The average Bonchev–Trinajstić information content (AvgIpc) is 2.55. The Bertz CT molecular complexity index is 484. The molecule has 3 heteroatoms. The summed E-state index contributed by atoms with van der Waals surface area (Å²) in [6.07, 6.45) is 4.66. The molecule has 3 atom stereocenters. The van der Waals surface area contributed by atoms with E-state index < -0.39 is 0 Å². The average molecular weight is 351 g/mol. The first kappa shape index (κ1) is 21.8. The Morgan fingerprint density at radius 2 is 1.64 bits per heavy atom. The van der Waals surface area contributed by atoms with E-state index in [9.17, 15) is 0 Å². The Labute approximate surface area is 155 Å².